The van der Waals surface area contributed by atoms with Crippen molar-refractivity contribution in [3.05, 3.63) is 41.7 Å². The molecule has 0 aliphatic heterocycles. The van der Waals surface area contributed by atoms with E-state index in [-0.39, 0.29) is 6.42 Å². The van der Waals surface area contributed by atoms with E-state index in [1.54, 1.807) is 6.20 Å². The van der Waals surface area contributed by atoms with Crippen molar-refractivity contribution in [2.45, 2.75) is 19.4 Å². The Kier molecular flexibility index (Phi) is 3.99. The van der Waals surface area contributed by atoms with Crippen LogP contribution in [-0.4, -0.2) is 20.6 Å². The van der Waals surface area contributed by atoms with Crippen LogP contribution in [0.25, 0.3) is 11.4 Å². The number of benzene rings is 1. The van der Waals surface area contributed by atoms with Crippen LogP contribution in [0, 0.1) is 0 Å². The molecule has 1 N–H and O–H groups in total. The SMILES string of the molecule is O=C(O)CCCn1ccnc1-c1ccc(Cl)cc1. The number of hydrogen-bond donors (Lipinski definition) is 1. The first-order chi connectivity index (χ1) is 8.66. The second-order valence-corrected chi connectivity index (χ2v) is 4.38. The van der Waals surface area contributed by atoms with Gasteiger partial charge in [-0.3, -0.25) is 4.79 Å². The van der Waals surface area contributed by atoms with Gasteiger partial charge in [0.1, 0.15) is 5.82 Å². The molecule has 94 valence electrons. The maximum Gasteiger partial charge on any atom is 0.303 e. The summed E-state index contributed by atoms with van der Waals surface area (Å²) >= 11 is 5.84. The summed E-state index contributed by atoms with van der Waals surface area (Å²) in [5.74, 6) is 0.0558. The minimum absolute atomic E-state index is 0.165. The summed E-state index contributed by atoms with van der Waals surface area (Å²) in [5.41, 5.74) is 0.972. The minimum Gasteiger partial charge on any atom is -0.481 e. The number of aryl methyl sites for hydroxylation is 1. The second kappa shape index (κ2) is 5.69. The van der Waals surface area contributed by atoms with Gasteiger partial charge in [0.05, 0.1) is 0 Å². The van der Waals surface area contributed by atoms with E-state index in [4.69, 9.17) is 16.7 Å². The molecular weight excluding hydrogens is 252 g/mol. The van der Waals surface area contributed by atoms with Crippen molar-refractivity contribution < 1.29 is 9.90 Å². The average molecular weight is 265 g/mol. The van der Waals surface area contributed by atoms with Crippen molar-refractivity contribution in [3.63, 3.8) is 0 Å². The van der Waals surface area contributed by atoms with E-state index >= 15 is 0 Å². The van der Waals surface area contributed by atoms with Crippen molar-refractivity contribution in [1.82, 2.24) is 9.55 Å². The third-order valence-electron chi connectivity index (χ3n) is 2.61. The van der Waals surface area contributed by atoms with Gasteiger partial charge < -0.3 is 9.67 Å². The predicted octanol–water partition coefficient (Wildman–Crippen LogP) is 3.07. The molecule has 0 saturated heterocycles. The van der Waals surface area contributed by atoms with Crippen LogP contribution in [0.4, 0.5) is 0 Å². The Hall–Kier alpha value is -1.81. The highest BCUT2D eigenvalue weighted by atomic mass is 35.5. The summed E-state index contributed by atoms with van der Waals surface area (Å²) in [5, 5.41) is 9.30. The number of rotatable bonds is 5. The molecule has 0 fully saturated rings. The number of carbonyl (C=O) groups is 1. The lowest BCUT2D eigenvalue weighted by atomic mass is 10.2. The zero-order chi connectivity index (χ0) is 13.0. The van der Waals surface area contributed by atoms with Gasteiger partial charge in [-0.25, -0.2) is 4.98 Å². The number of halogens is 1. The zero-order valence-corrected chi connectivity index (χ0v) is 10.5. The molecular formula is C13H13ClN2O2. The molecule has 4 nitrogen and oxygen atoms in total. The maximum absolute atomic E-state index is 10.5. The molecule has 0 aliphatic carbocycles. The molecule has 0 unspecified atom stereocenters. The molecule has 0 saturated carbocycles. The Morgan fingerprint density at radius 2 is 2.06 bits per heavy atom. The number of carboxylic acids is 1. The van der Waals surface area contributed by atoms with Crippen LogP contribution in [0.15, 0.2) is 36.7 Å². The van der Waals surface area contributed by atoms with Gasteiger partial charge in [-0.15, -0.1) is 0 Å². The quantitative estimate of drug-likeness (QED) is 0.903. The van der Waals surface area contributed by atoms with Crippen LogP contribution in [0.3, 0.4) is 0 Å². The molecule has 2 aromatic rings. The number of imidazole rings is 1. The van der Waals surface area contributed by atoms with Crippen molar-refractivity contribution in [3.8, 4) is 11.4 Å². The number of nitrogens with zero attached hydrogens (tertiary/aromatic N) is 2. The van der Waals surface area contributed by atoms with Gasteiger partial charge >= 0.3 is 5.97 Å². The molecule has 0 aliphatic rings. The molecule has 1 heterocycles. The van der Waals surface area contributed by atoms with E-state index in [2.05, 4.69) is 4.98 Å². The number of aliphatic carboxylic acids is 1. The molecule has 1 aromatic heterocycles. The molecule has 5 heteroatoms. The van der Waals surface area contributed by atoms with E-state index in [0.717, 1.165) is 11.4 Å². The highest BCUT2D eigenvalue weighted by Gasteiger charge is 2.06. The van der Waals surface area contributed by atoms with E-state index < -0.39 is 5.97 Å². The number of aromatic nitrogens is 2. The predicted molar refractivity (Wildman–Crippen MR) is 69.5 cm³/mol. The molecule has 0 bridgehead atoms. The zero-order valence-electron chi connectivity index (χ0n) is 9.71. The maximum atomic E-state index is 10.5. The topological polar surface area (TPSA) is 55.1 Å². The van der Waals surface area contributed by atoms with Crippen LogP contribution < -0.4 is 0 Å². The third kappa shape index (κ3) is 3.11. The first-order valence-electron chi connectivity index (χ1n) is 5.65. The van der Waals surface area contributed by atoms with Gasteiger partial charge in [-0.1, -0.05) is 11.6 Å². The van der Waals surface area contributed by atoms with Gasteiger partial charge in [0.15, 0.2) is 0 Å². The molecule has 0 spiro atoms. The standard InChI is InChI=1S/C13H13ClN2O2/c14-11-5-3-10(4-6-11)13-15-7-9-16(13)8-1-2-12(17)18/h3-7,9H,1-2,8H2,(H,17,18). The normalized spacial score (nSPS) is 10.5. The smallest absolute Gasteiger partial charge is 0.303 e. The molecule has 18 heavy (non-hydrogen) atoms. The van der Waals surface area contributed by atoms with Crippen molar-refractivity contribution >= 4 is 17.6 Å². The van der Waals surface area contributed by atoms with Crippen LogP contribution in [0.2, 0.25) is 5.02 Å². The number of hydrogen-bond acceptors (Lipinski definition) is 2. The van der Waals surface area contributed by atoms with Crippen molar-refractivity contribution in [1.29, 1.82) is 0 Å². The van der Waals surface area contributed by atoms with Crippen LogP contribution in [0.5, 0.6) is 0 Å². The summed E-state index contributed by atoms with van der Waals surface area (Å²) < 4.78 is 1.95. The minimum atomic E-state index is -0.775. The van der Waals surface area contributed by atoms with E-state index in [1.807, 2.05) is 35.0 Å². The fourth-order valence-corrected chi connectivity index (χ4v) is 1.88. The second-order valence-electron chi connectivity index (χ2n) is 3.95. The summed E-state index contributed by atoms with van der Waals surface area (Å²) in [4.78, 5) is 14.8. The highest BCUT2D eigenvalue weighted by molar-refractivity contribution is 6.30. The third-order valence-corrected chi connectivity index (χ3v) is 2.86. The molecule has 1 aromatic carbocycles. The highest BCUT2D eigenvalue weighted by Crippen LogP contribution is 2.20. The summed E-state index contributed by atoms with van der Waals surface area (Å²) in [6.45, 7) is 0.643. The van der Waals surface area contributed by atoms with Gasteiger partial charge in [0, 0.05) is 35.9 Å². The monoisotopic (exact) mass is 264 g/mol. The fraction of sp³-hybridized carbons (Fsp3) is 0.231. The fourth-order valence-electron chi connectivity index (χ4n) is 1.75. The molecule has 0 atom stereocenters. The average Bonchev–Trinajstić information content (AvgIpc) is 2.78. The lowest BCUT2D eigenvalue weighted by Gasteiger charge is -2.07. The van der Waals surface area contributed by atoms with Crippen LogP contribution >= 0.6 is 11.6 Å². The lowest BCUT2D eigenvalue weighted by Crippen LogP contribution is -2.02. The van der Waals surface area contributed by atoms with Crippen LogP contribution in [-0.2, 0) is 11.3 Å². The summed E-state index contributed by atoms with van der Waals surface area (Å²) in [7, 11) is 0. The Bertz CT molecular complexity index is 534. The van der Waals surface area contributed by atoms with Crippen LogP contribution in [0.1, 0.15) is 12.8 Å². The molecule has 0 amide bonds. The van der Waals surface area contributed by atoms with E-state index in [9.17, 15) is 4.79 Å². The summed E-state index contributed by atoms with van der Waals surface area (Å²) in [6, 6.07) is 7.43. The van der Waals surface area contributed by atoms with Gasteiger partial charge in [0.2, 0.25) is 0 Å². The van der Waals surface area contributed by atoms with Gasteiger partial charge in [0.25, 0.3) is 0 Å². The molecule has 0 radical (unpaired) electrons. The Morgan fingerprint density at radius 1 is 1.33 bits per heavy atom. The Morgan fingerprint density at radius 3 is 2.72 bits per heavy atom. The van der Waals surface area contributed by atoms with Gasteiger partial charge in [-0.05, 0) is 30.7 Å². The van der Waals surface area contributed by atoms with Crippen molar-refractivity contribution in [2.75, 3.05) is 0 Å². The van der Waals surface area contributed by atoms with Gasteiger partial charge in [-0.2, -0.15) is 0 Å². The molecule has 2 rings (SSSR count). The first-order valence-corrected chi connectivity index (χ1v) is 6.03. The van der Waals surface area contributed by atoms with E-state index in [1.165, 1.54) is 0 Å². The Labute approximate surface area is 110 Å². The lowest BCUT2D eigenvalue weighted by molar-refractivity contribution is -0.137. The summed E-state index contributed by atoms with van der Waals surface area (Å²) in [6.07, 6.45) is 4.32. The largest absolute Gasteiger partial charge is 0.481 e. The van der Waals surface area contributed by atoms with Crippen molar-refractivity contribution in [2.24, 2.45) is 0 Å². The first kappa shape index (κ1) is 12.6. The van der Waals surface area contributed by atoms with E-state index in [0.29, 0.717) is 18.0 Å². The Balaban J connectivity index is 2.12. The number of carboxylic acid groups (broad SMARTS) is 1.